The van der Waals surface area contributed by atoms with Crippen molar-refractivity contribution in [1.29, 1.82) is 0 Å². The molecular formula is C15H24O. The zero-order chi connectivity index (χ0) is 11.9. The lowest BCUT2D eigenvalue weighted by Gasteiger charge is -2.13. The molecule has 1 fully saturated rings. The van der Waals surface area contributed by atoms with E-state index >= 15 is 0 Å². The van der Waals surface area contributed by atoms with E-state index in [0.29, 0.717) is 17.3 Å². The summed E-state index contributed by atoms with van der Waals surface area (Å²) in [6, 6.07) is 0. The van der Waals surface area contributed by atoms with Crippen LogP contribution in [-0.4, -0.2) is 11.2 Å². The number of rotatable bonds is 0. The molecule has 0 spiro atoms. The third kappa shape index (κ3) is 2.10. The quantitative estimate of drug-likeness (QED) is 0.617. The molecule has 0 aromatic rings. The number of hydrogen-bond donors (Lipinski definition) is 1. The Morgan fingerprint density at radius 1 is 1.25 bits per heavy atom. The van der Waals surface area contributed by atoms with Crippen LogP contribution in [0.3, 0.4) is 0 Å². The van der Waals surface area contributed by atoms with E-state index in [9.17, 15) is 5.11 Å². The maximum Gasteiger partial charge on any atom is 0.0616 e. The van der Waals surface area contributed by atoms with Gasteiger partial charge in [0.1, 0.15) is 0 Å². The minimum absolute atomic E-state index is 0.154. The van der Waals surface area contributed by atoms with Gasteiger partial charge in [0.2, 0.25) is 0 Å². The number of aliphatic hydroxyl groups excluding tert-OH is 1. The summed E-state index contributed by atoms with van der Waals surface area (Å²) in [5.74, 6) is 1.05. The maximum absolute atomic E-state index is 10.3. The molecule has 1 heteroatoms. The van der Waals surface area contributed by atoms with E-state index in [-0.39, 0.29) is 6.10 Å². The first-order chi connectivity index (χ1) is 7.43. The van der Waals surface area contributed by atoms with Crippen LogP contribution in [0.2, 0.25) is 0 Å². The summed E-state index contributed by atoms with van der Waals surface area (Å²) in [6.07, 6.45) is 7.69. The molecule has 0 bridgehead atoms. The fraction of sp³-hybridized carbons (Fsp3) is 0.733. The van der Waals surface area contributed by atoms with E-state index in [1.54, 1.807) is 0 Å². The van der Waals surface area contributed by atoms with Crippen molar-refractivity contribution in [2.24, 2.45) is 17.3 Å². The van der Waals surface area contributed by atoms with Crippen molar-refractivity contribution in [2.45, 2.75) is 53.1 Å². The van der Waals surface area contributed by atoms with E-state index in [2.05, 4.69) is 39.8 Å². The first-order valence-electron chi connectivity index (χ1n) is 6.44. The van der Waals surface area contributed by atoms with Crippen molar-refractivity contribution in [2.75, 3.05) is 0 Å². The fourth-order valence-corrected chi connectivity index (χ4v) is 3.25. The van der Waals surface area contributed by atoms with Gasteiger partial charge in [0.15, 0.2) is 0 Å². The Labute approximate surface area is 99.3 Å². The summed E-state index contributed by atoms with van der Waals surface area (Å²) < 4.78 is 0. The Morgan fingerprint density at radius 2 is 1.94 bits per heavy atom. The van der Waals surface area contributed by atoms with E-state index in [0.717, 1.165) is 12.8 Å². The average molecular weight is 220 g/mol. The minimum atomic E-state index is -0.154. The standard InChI is InChI=1S/C15H24O/c1-10-6-5-7-11(2)9-13(16)14-12(8-10)15(14,3)4/h7-8,12-14,16H,5-6,9H2,1-4H3/b10-8+,11-7+/t12-,13-,14-/m0/s1. The van der Waals surface area contributed by atoms with Gasteiger partial charge in [0.05, 0.1) is 6.10 Å². The van der Waals surface area contributed by atoms with E-state index < -0.39 is 0 Å². The van der Waals surface area contributed by atoms with Crippen LogP contribution in [0.4, 0.5) is 0 Å². The first-order valence-corrected chi connectivity index (χ1v) is 6.44. The lowest BCUT2D eigenvalue weighted by atomic mass is 9.99. The lowest BCUT2D eigenvalue weighted by Crippen LogP contribution is -2.14. The average Bonchev–Trinajstić information content (AvgIpc) is 2.67. The molecular weight excluding hydrogens is 196 g/mol. The topological polar surface area (TPSA) is 20.2 Å². The third-order valence-corrected chi connectivity index (χ3v) is 4.44. The zero-order valence-electron chi connectivity index (χ0n) is 11.0. The molecule has 90 valence electrons. The normalized spacial score (nSPS) is 44.7. The number of aliphatic hydroxyl groups is 1. The van der Waals surface area contributed by atoms with Crippen LogP contribution in [0.15, 0.2) is 23.3 Å². The first kappa shape index (κ1) is 11.9. The van der Waals surface area contributed by atoms with Gasteiger partial charge in [-0.15, -0.1) is 0 Å². The second-order valence-electron chi connectivity index (χ2n) is 6.25. The monoisotopic (exact) mass is 220 g/mol. The van der Waals surface area contributed by atoms with Crippen LogP contribution in [-0.2, 0) is 0 Å². The van der Waals surface area contributed by atoms with Crippen molar-refractivity contribution >= 4 is 0 Å². The molecule has 2 rings (SSSR count). The van der Waals surface area contributed by atoms with Gasteiger partial charge in [-0.1, -0.05) is 37.1 Å². The summed E-state index contributed by atoms with van der Waals surface area (Å²) >= 11 is 0. The Hall–Kier alpha value is -0.560. The van der Waals surface area contributed by atoms with Crippen LogP contribution in [0, 0.1) is 17.3 Å². The van der Waals surface area contributed by atoms with Crippen LogP contribution in [0.5, 0.6) is 0 Å². The molecule has 0 aliphatic heterocycles. The molecule has 0 aromatic carbocycles. The lowest BCUT2D eigenvalue weighted by molar-refractivity contribution is 0.135. The van der Waals surface area contributed by atoms with Gasteiger partial charge in [0.25, 0.3) is 0 Å². The largest absolute Gasteiger partial charge is 0.392 e. The van der Waals surface area contributed by atoms with Gasteiger partial charge in [-0.2, -0.15) is 0 Å². The van der Waals surface area contributed by atoms with Gasteiger partial charge in [-0.25, -0.2) is 0 Å². The minimum Gasteiger partial charge on any atom is -0.392 e. The van der Waals surface area contributed by atoms with Gasteiger partial charge in [0, 0.05) is 0 Å². The molecule has 0 radical (unpaired) electrons. The van der Waals surface area contributed by atoms with Crippen LogP contribution < -0.4 is 0 Å². The van der Waals surface area contributed by atoms with Crippen molar-refractivity contribution in [1.82, 2.24) is 0 Å². The molecule has 0 heterocycles. The van der Waals surface area contributed by atoms with Gasteiger partial charge in [-0.05, 0) is 50.4 Å². The molecule has 0 unspecified atom stereocenters. The second-order valence-corrected chi connectivity index (χ2v) is 6.25. The van der Waals surface area contributed by atoms with Crippen LogP contribution in [0.1, 0.15) is 47.0 Å². The molecule has 1 saturated carbocycles. The SMILES string of the molecule is C/C1=C\[C@H]2[C@@H]([C@@H](O)C/C(C)=C/CC1)C2(C)C. The van der Waals surface area contributed by atoms with E-state index in [1.165, 1.54) is 17.6 Å². The Balaban J connectivity index is 2.22. The fourth-order valence-electron chi connectivity index (χ4n) is 3.25. The molecule has 2 aliphatic rings. The second kappa shape index (κ2) is 4.03. The highest BCUT2D eigenvalue weighted by Crippen LogP contribution is 2.61. The molecule has 2 aliphatic carbocycles. The van der Waals surface area contributed by atoms with Crippen molar-refractivity contribution in [3.8, 4) is 0 Å². The molecule has 0 aromatic heterocycles. The smallest absolute Gasteiger partial charge is 0.0616 e. The molecule has 1 N–H and O–H groups in total. The summed E-state index contributed by atoms with van der Waals surface area (Å²) in [5.41, 5.74) is 3.13. The molecule has 0 amide bonds. The zero-order valence-corrected chi connectivity index (χ0v) is 11.0. The molecule has 0 saturated heterocycles. The third-order valence-electron chi connectivity index (χ3n) is 4.44. The van der Waals surface area contributed by atoms with E-state index in [1.807, 2.05) is 0 Å². The van der Waals surface area contributed by atoms with Crippen LogP contribution >= 0.6 is 0 Å². The highest BCUT2D eigenvalue weighted by atomic mass is 16.3. The molecule has 3 atom stereocenters. The highest BCUT2D eigenvalue weighted by Gasteiger charge is 2.59. The predicted molar refractivity (Wildman–Crippen MR) is 68.1 cm³/mol. The molecule has 1 nitrogen and oxygen atoms in total. The number of allylic oxidation sites excluding steroid dienone is 3. The number of fused-ring (bicyclic) bond motifs is 1. The van der Waals surface area contributed by atoms with Gasteiger partial charge >= 0.3 is 0 Å². The van der Waals surface area contributed by atoms with Gasteiger partial charge < -0.3 is 5.11 Å². The summed E-state index contributed by atoms with van der Waals surface area (Å²) in [7, 11) is 0. The highest BCUT2D eigenvalue weighted by molar-refractivity contribution is 5.22. The Morgan fingerprint density at radius 3 is 2.62 bits per heavy atom. The Kier molecular flexibility index (Phi) is 3.00. The van der Waals surface area contributed by atoms with E-state index in [4.69, 9.17) is 0 Å². The number of hydrogen-bond acceptors (Lipinski definition) is 1. The van der Waals surface area contributed by atoms with Gasteiger partial charge in [-0.3, -0.25) is 0 Å². The Bertz CT molecular complexity index is 335. The van der Waals surface area contributed by atoms with Crippen molar-refractivity contribution < 1.29 is 5.11 Å². The van der Waals surface area contributed by atoms with Crippen molar-refractivity contribution in [3.05, 3.63) is 23.3 Å². The molecule has 16 heavy (non-hydrogen) atoms. The van der Waals surface area contributed by atoms with Crippen molar-refractivity contribution in [3.63, 3.8) is 0 Å². The summed E-state index contributed by atoms with van der Waals surface area (Å²) in [4.78, 5) is 0. The summed E-state index contributed by atoms with van der Waals surface area (Å²) in [5, 5.41) is 10.3. The summed E-state index contributed by atoms with van der Waals surface area (Å²) in [6.45, 7) is 8.94. The maximum atomic E-state index is 10.3. The van der Waals surface area contributed by atoms with Crippen LogP contribution in [0.25, 0.3) is 0 Å². The predicted octanol–water partition coefficient (Wildman–Crippen LogP) is 3.70.